The van der Waals surface area contributed by atoms with Crippen molar-refractivity contribution in [2.24, 2.45) is 0 Å². The van der Waals surface area contributed by atoms with E-state index in [-0.39, 0.29) is 25.7 Å². The van der Waals surface area contributed by atoms with Crippen LogP contribution in [0.25, 0.3) is 0 Å². The lowest BCUT2D eigenvalue weighted by Crippen LogP contribution is -2.64. The second kappa shape index (κ2) is 34.6. The summed E-state index contributed by atoms with van der Waals surface area (Å²) in [5.41, 5.74) is 0. The lowest BCUT2D eigenvalue weighted by atomic mass is 9.85. The number of ether oxygens (including phenoxy) is 2. The van der Waals surface area contributed by atoms with E-state index in [1.807, 2.05) is 0 Å². The number of phosphoric acid groups is 1. The summed E-state index contributed by atoms with van der Waals surface area (Å²) >= 11 is 0. The Labute approximate surface area is 367 Å². The summed E-state index contributed by atoms with van der Waals surface area (Å²) in [6, 6.07) is 0. The Bertz CT molecular complexity index is 1410. The first-order chi connectivity index (χ1) is 29.6. The highest BCUT2D eigenvalue weighted by molar-refractivity contribution is 7.47. The molecule has 0 radical (unpaired) electrons. The van der Waals surface area contributed by atoms with Crippen molar-refractivity contribution in [3.05, 3.63) is 72.9 Å². The van der Waals surface area contributed by atoms with Gasteiger partial charge in [-0.1, -0.05) is 132 Å². The Balaban J connectivity index is 2.65. The second-order valence-corrected chi connectivity index (χ2v) is 16.8. The van der Waals surface area contributed by atoms with Gasteiger partial charge in [-0.25, -0.2) is 4.57 Å². The third-order valence-electron chi connectivity index (χ3n) is 9.87. The van der Waals surface area contributed by atoms with Crippen molar-refractivity contribution in [1.82, 2.24) is 0 Å². The summed E-state index contributed by atoms with van der Waals surface area (Å²) in [6.07, 6.45) is 17.4. The molecule has 1 rings (SSSR count). The number of carbonyl (C=O) groups is 2. The maximum Gasteiger partial charge on any atom is 0.472 e. The largest absolute Gasteiger partial charge is 0.472 e. The molecule has 1 fully saturated rings. The number of phosphoric ester groups is 1. The molecule has 11 atom stereocenters. The molecular formula is C45H75O16P. The van der Waals surface area contributed by atoms with Crippen molar-refractivity contribution in [3.8, 4) is 0 Å². The van der Waals surface area contributed by atoms with Gasteiger partial charge in [-0.05, 0) is 51.4 Å². The minimum absolute atomic E-state index is 0.00303. The number of hydrogen-bond acceptors (Lipinski definition) is 15. The molecule has 3 unspecified atom stereocenters. The van der Waals surface area contributed by atoms with E-state index in [9.17, 15) is 59.9 Å². The fourth-order valence-corrected chi connectivity index (χ4v) is 7.09. The van der Waals surface area contributed by atoms with E-state index in [0.717, 1.165) is 70.6 Å². The van der Waals surface area contributed by atoms with E-state index < -0.39 is 94.0 Å². The van der Waals surface area contributed by atoms with E-state index in [1.54, 1.807) is 42.5 Å². The van der Waals surface area contributed by atoms with Crippen LogP contribution < -0.4 is 0 Å². The lowest BCUT2D eigenvalue weighted by molar-refractivity contribution is -0.220. The van der Waals surface area contributed by atoms with Gasteiger partial charge in [0.25, 0.3) is 0 Å². The number of aliphatic hydroxyl groups is 8. The van der Waals surface area contributed by atoms with Gasteiger partial charge in [0.2, 0.25) is 0 Å². The molecule has 1 aliphatic rings. The summed E-state index contributed by atoms with van der Waals surface area (Å²) in [5, 5.41) is 80.6. The molecule has 0 spiro atoms. The predicted molar refractivity (Wildman–Crippen MR) is 234 cm³/mol. The third-order valence-corrected chi connectivity index (χ3v) is 10.9. The van der Waals surface area contributed by atoms with E-state index in [1.165, 1.54) is 6.08 Å². The molecule has 0 heterocycles. The van der Waals surface area contributed by atoms with Gasteiger partial charge in [0.05, 0.1) is 24.9 Å². The second-order valence-electron chi connectivity index (χ2n) is 15.4. The number of carbonyl (C=O) groups excluding carboxylic acids is 2. The normalized spacial score (nSPS) is 24.1. The number of aliphatic hydroxyl groups excluding tert-OH is 8. The molecule has 16 nitrogen and oxygen atoms in total. The molecular weight excluding hydrogens is 827 g/mol. The van der Waals surface area contributed by atoms with Crippen molar-refractivity contribution in [1.29, 1.82) is 0 Å². The van der Waals surface area contributed by atoms with Crippen LogP contribution in [0.4, 0.5) is 0 Å². The van der Waals surface area contributed by atoms with Crippen molar-refractivity contribution < 1.29 is 78.4 Å². The smallest absolute Gasteiger partial charge is 0.462 e. The zero-order chi connectivity index (χ0) is 46.2. The van der Waals surface area contributed by atoms with Gasteiger partial charge in [-0.2, -0.15) is 0 Å². The van der Waals surface area contributed by atoms with Gasteiger partial charge >= 0.3 is 19.8 Å². The fourth-order valence-electron chi connectivity index (χ4n) is 6.12. The van der Waals surface area contributed by atoms with Crippen LogP contribution in [0.15, 0.2) is 72.9 Å². The molecule has 0 bridgehead atoms. The maximum absolute atomic E-state index is 12.8. The van der Waals surface area contributed by atoms with Crippen molar-refractivity contribution in [2.75, 3.05) is 13.2 Å². The van der Waals surface area contributed by atoms with Crippen LogP contribution in [0.1, 0.15) is 123 Å². The Kier molecular flexibility index (Phi) is 31.9. The van der Waals surface area contributed by atoms with E-state index >= 15 is 0 Å². The molecule has 0 aromatic carbocycles. The van der Waals surface area contributed by atoms with Crippen molar-refractivity contribution in [3.63, 3.8) is 0 Å². The van der Waals surface area contributed by atoms with Crippen molar-refractivity contribution >= 4 is 19.8 Å². The quantitative estimate of drug-likeness (QED) is 0.0137. The predicted octanol–water partition coefficient (Wildman–Crippen LogP) is 4.85. The summed E-state index contributed by atoms with van der Waals surface area (Å²) in [5.74, 6) is -1.46. The first-order valence-corrected chi connectivity index (χ1v) is 23.6. The molecule has 17 heteroatoms. The van der Waals surface area contributed by atoms with Crippen LogP contribution in [0.5, 0.6) is 0 Å². The molecule has 0 aromatic heterocycles. The monoisotopic (exact) mass is 902 g/mol. The number of hydrogen-bond donors (Lipinski definition) is 9. The average Bonchev–Trinajstić information content (AvgIpc) is 3.24. The zero-order valence-corrected chi connectivity index (χ0v) is 37.4. The number of esters is 2. The third kappa shape index (κ3) is 26.7. The molecule has 9 N–H and O–H groups in total. The van der Waals surface area contributed by atoms with Crippen LogP contribution >= 0.6 is 7.82 Å². The molecule has 0 aliphatic heterocycles. The van der Waals surface area contributed by atoms with Crippen LogP contribution in [0, 0.1) is 0 Å². The Hall–Kier alpha value is -2.83. The minimum Gasteiger partial charge on any atom is -0.462 e. The van der Waals surface area contributed by atoms with E-state index in [4.69, 9.17) is 18.5 Å². The molecule has 0 saturated heterocycles. The highest BCUT2D eigenvalue weighted by Gasteiger charge is 2.51. The number of allylic oxidation sites excluding steroid dienone is 10. The first kappa shape index (κ1) is 57.2. The standard InChI is InChI=1S/C45H75O16P/c1-3-5-7-8-9-10-11-12-13-14-15-20-24-30-39(50)60-35(33-59-62(56,57)61-45-43(54)41(52)40(51)42(53)44(45)55)32-58-38(49)31-25-29-37(48)36(47)28-23-19-17-16-18-22-27-34(46)26-21-6-4-2/h7-8,10-11,16-19,22-23,27-28,34-37,40-48,51-55H,3-6,9,12-15,20-21,24-26,29-33H2,1-2H3,(H,56,57)/b8-7-,11-10-,18-16-,19-17+,27-22+,28-23+/t34-,35-,36-,37-,40?,41-,42+,43-,44-,45?/m1/s1. The highest BCUT2D eigenvalue weighted by Crippen LogP contribution is 2.47. The Morgan fingerprint density at radius 1 is 0.613 bits per heavy atom. The minimum atomic E-state index is -5.21. The summed E-state index contributed by atoms with van der Waals surface area (Å²) in [4.78, 5) is 35.7. The van der Waals surface area contributed by atoms with Crippen LogP contribution in [0.3, 0.4) is 0 Å². The molecule has 1 saturated carbocycles. The van der Waals surface area contributed by atoms with Crippen molar-refractivity contribution in [2.45, 2.75) is 184 Å². The zero-order valence-electron chi connectivity index (χ0n) is 36.5. The van der Waals surface area contributed by atoms with Crippen LogP contribution in [0.2, 0.25) is 0 Å². The number of unbranched alkanes of at least 4 members (excludes halogenated alkanes) is 8. The summed E-state index contributed by atoms with van der Waals surface area (Å²) < 4.78 is 33.2. The summed E-state index contributed by atoms with van der Waals surface area (Å²) in [6.45, 7) is 2.79. The van der Waals surface area contributed by atoms with E-state index in [2.05, 4.69) is 38.2 Å². The SMILES string of the molecule is CCC/C=C\C/C=C\CCCCCCCC(=O)O[C@H](COC(=O)CCC[C@@H](O)[C@H](O)/C=C/C=C/C=C\C=C\[C@H](O)CCCCC)COP(=O)(O)OC1[C@H](O)[C@H](O)C(O)[C@H](O)[C@H]1O. The Morgan fingerprint density at radius 2 is 1.19 bits per heavy atom. The first-order valence-electron chi connectivity index (χ1n) is 22.1. The van der Waals surface area contributed by atoms with E-state index in [0.29, 0.717) is 12.8 Å². The topological polar surface area (TPSA) is 270 Å². The molecule has 0 amide bonds. The van der Waals surface area contributed by atoms with Crippen LogP contribution in [-0.4, -0.2) is 132 Å². The fraction of sp³-hybridized carbons (Fsp3) is 0.689. The lowest BCUT2D eigenvalue weighted by Gasteiger charge is -2.41. The molecule has 62 heavy (non-hydrogen) atoms. The van der Waals surface area contributed by atoms with Crippen LogP contribution in [-0.2, 0) is 32.7 Å². The Morgan fingerprint density at radius 3 is 1.85 bits per heavy atom. The summed E-state index contributed by atoms with van der Waals surface area (Å²) in [7, 11) is -5.21. The van der Waals surface area contributed by atoms with Gasteiger partial charge in [0.15, 0.2) is 6.10 Å². The van der Waals surface area contributed by atoms with Gasteiger partial charge in [-0.3, -0.25) is 18.6 Å². The van der Waals surface area contributed by atoms with Gasteiger partial charge in [0.1, 0.15) is 43.2 Å². The molecule has 0 aromatic rings. The highest BCUT2D eigenvalue weighted by atomic mass is 31.2. The maximum atomic E-state index is 12.8. The average molecular weight is 903 g/mol. The number of rotatable bonds is 34. The van der Waals surface area contributed by atoms with Gasteiger partial charge in [-0.15, -0.1) is 0 Å². The van der Waals surface area contributed by atoms with Gasteiger partial charge in [0, 0.05) is 12.8 Å². The molecule has 1 aliphatic carbocycles. The van der Waals surface area contributed by atoms with Gasteiger partial charge < -0.3 is 55.2 Å². The molecule has 356 valence electrons.